The van der Waals surface area contributed by atoms with Crippen LogP contribution in [0.2, 0.25) is 0 Å². The molecule has 0 aliphatic rings. The van der Waals surface area contributed by atoms with E-state index in [-0.39, 0.29) is 11.8 Å². The number of aryl methyl sites for hydroxylation is 1. The van der Waals surface area contributed by atoms with Crippen molar-refractivity contribution in [2.75, 3.05) is 17.4 Å². The van der Waals surface area contributed by atoms with E-state index in [9.17, 15) is 4.39 Å². The molecule has 0 aliphatic carbocycles. The minimum Gasteiger partial charge on any atom is -0.353 e. The molecule has 0 radical (unpaired) electrons. The number of nitrogens with zero attached hydrogens (tertiary/aromatic N) is 3. The predicted octanol–water partition coefficient (Wildman–Crippen LogP) is 1.85. The molecular formula is C13H16FN5. The van der Waals surface area contributed by atoms with E-state index in [0.29, 0.717) is 6.54 Å². The summed E-state index contributed by atoms with van der Waals surface area (Å²) in [5, 5.41) is 0. The summed E-state index contributed by atoms with van der Waals surface area (Å²) in [5.41, 5.74) is 4.56. The van der Waals surface area contributed by atoms with Crippen molar-refractivity contribution < 1.29 is 4.39 Å². The zero-order valence-electron chi connectivity index (χ0n) is 10.9. The van der Waals surface area contributed by atoms with Crippen molar-refractivity contribution in [3.8, 4) is 0 Å². The summed E-state index contributed by atoms with van der Waals surface area (Å²) in [5.74, 6) is 5.15. The van der Waals surface area contributed by atoms with E-state index >= 15 is 0 Å². The van der Waals surface area contributed by atoms with E-state index in [1.165, 1.54) is 5.56 Å². The summed E-state index contributed by atoms with van der Waals surface area (Å²) in [6.45, 7) is 2.57. The summed E-state index contributed by atoms with van der Waals surface area (Å²) in [7, 11) is 1.77. The fraction of sp³-hybridized carbons (Fsp3) is 0.231. The third kappa shape index (κ3) is 3.17. The number of nitrogens with one attached hydrogen (secondary N) is 1. The average molecular weight is 261 g/mol. The number of hydrazine groups is 1. The molecule has 0 saturated heterocycles. The van der Waals surface area contributed by atoms with E-state index in [1.54, 1.807) is 11.9 Å². The molecule has 0 unspecified atom stereocenters. The Kier molecular flexibility index (Phi) is 3.91. The zero-order valence-corrected chi connectivity index (χ0v) is 10.9. The smallest absolute Gasteiger partial charge is 0.239 e. The van der Waals surface area contributed by atoms with E-state index in [1.807, 2.05) is 25.1 Å². The van der Waals surface area contributed by atoms with Gasteiger partial charge in [-0.1, -0.05) is 29.8 Å². The van der Waals surface area contributed by atoms with Crippen LogP contribution in [-0.2, 0) is 6.54 Å². The Bertz CT molecular complexity index is 573. The van der Waals surface area contributed by atoms with Crippen LogP contribution < -0.4 is 16.2 Å². The first-order valence-electron chi connectivity index (χ1n) is 5.86. The van der Waals surface area contributed by atoms with Crippen molar-refractivity contribution in [1.82, 2.24) is 9.97 Å². The lowest BCUT2D eigenvalue weighted by molar-refractivity contribution is 0.607. The number of nitrogens with two attached hydrogens (primary N) is 1. The summed E-state index contributed by atoms with van der Waals surface area (Å²) < 4.78 is 13.7. The Morgan fingerprint density at radius 1 is 1.42 bits per heavy atom. The topological polar surface area (TPSA) is 67.1 Å². The van der Waals surface area contributed by atoms with Crippen LogP contribution in [0.1, 0.15) is 11.1 Å². The van der Waals surface area contributed by atoms with Crippen molar-refractivity contribution >= 4 is 11.8 Å². The molecule has 19 heavy (non-hydrogen) atoms. The summed E-state index contributed by atoms with van der Waals surface area (Å²) in [6, 6.07) is 8.04. The number of benzene rings is 1. The Balaban J connectivity index is 2.22. The average Bonchev–Trinajstić information content (AvgIpc) is 2.39. The SMILES string of the molecule is Cc1cccc(CN(C)c2nc(NN)ncc2F)c1. The molecule has 3 N–H and O–H groups in total. The van der Waals surface area contributed by atoms with Gasteiger partial charge in [-0.15, -0.1) is 0 Å². The van der Waals surface area contributed by atoms with Crippen LogP contribution in [0.5, 0.6) is 0 Å². The number of halogens is 1. The first-order valence-corrected chi connectivity index (χ1v) is 5.86. The molecule has 1 aromatic heterocycles. The quantitative estimate of drug-likeness (QED) is 0.649. The van der Waals surface area contributed by atoms with Crippen LogP contribution in [0.25, 0.3) is 0 Å². The maximum Gasteiger partial charge on any atom is 0.239 e. The van der Waals surface area contributed by atoms with Crippen molar-refractivity contribution in [2.24, 2.45) is 5.84 Å². The molecule has 5 nitrogen and oxygen atoms in total. The molecule has 0 fully saturated rings. The standard InChI is InChI=1S/C13H16FN5/c1-9-4-3-5-10(6-9)8-19(2)12-11(14)7-16-13(17-12)18-15/h3-7H,8,15H2,1-2H3,(H,16,17,18). The minimum atomic E-state index is -0.478. The van der Waals surface area contributed by atoms with Gasteiger partial charge in [0, 0.05) is 13.6 Å². The van der Waals surface area contributed by atoms with Gasteiger partial charge < -0.3 is 4.90 Å². The van der Waals surface area contributed by atoms with Gasteiger partial charge in [-0.2, -0.15) is 4.98 Å². The largest absolute Gasteiger partial charge is 0.353 e. The van der Waals surface area contributed by atoms with Gasteiger partial charge in [0.2, 0.25) is 5.95 Å². The molecule has 100 valence electrons. The molecule has 6 heteroatoms. The van der Waals surface area contributed by atoms with Crippen molar-refractivity contribution in [2.45, 2.75) is 13.5 Å². The lowest BCUT2D eigenvalue weighted by Gasteiger charge is -2.19. The Morgan fingerprint density at radius 3 is 2.89 bits per heavy atom. The number of rotatable bonds is 4. The molecule has 0 aliphatic heterocycles. The molecule has 0 bridgehead atoms. The van der Waals surface area contributed by atoms with Gasteiger partial charge in [-0.3, -0.25) is 5.43 Å². The first-order chi connectivity index (χ1) is 9.10. The highest BCUT2D eigenvalue weighted by Gasteiger charge is 2.11. The van der Waals surface area contributed by atoms with Crippen LogP contribution in [-0.4, -0.2) is 17.0 Å². The van der Waals surface area contributed by atoms with Crippen molar-refractivity contribution in [1.29, 1.82) is 0 Å². The van der Waals surface area contributed by atoms with E-state index in [4.69, 9.17) is 5.84 Å². The molecule has 1 aromatic carbocycles. The Hall–Kier alpha value is -2.21. The summed E-state index contributed by atoms with van der Waals surface area (Å²) in [6.07, 6.45) is 1.10. The molecule has 0 spiro atoms. The highest BCUT2D eigenvalue weighted by atomic mass is 19.1. The number of nitrogen functional groups attached to an aromatic ring is 1. The molecule has 1 heterocycles. The summed E-state index contributed by atoms with van der Waals surface area (Å²) in [4.78, 5) is 9.44. The van der Waals surface area contributed by atoms with Crippen molar-refractivity contribution in [3.63, 3.8) is 0 Å². The molecule has 0 atom stereocenters. The van der Waals surface area contributed by atoms with E-state index < -0.39 is 5.82 Å². The maximum absolute atomic E-state index is 13.7. The highest BCUT2D eigenvalue weighted by Crippen LogP contribution is 2.18. The van der Waals surface area contributed by atoms with Gasteiger partial charge in [-0.05, 0) is 12.5 Å². The molecule has 0 amide bonds. The minimum absolute atomic E-state index is 0.187. The van der Waals surface area contributed by atoms with E-state index in [2.05, 4.69) is 21.5 Å². The number of anilines is 2. The van der Waals surface area contributed by atoms with Crippen LogP contribution in [0.3, 0.4) is 0 Å². The fourth-order valence-electron chi connectivity index (χ4n) is 1.85. The number of aromatic nitrogens is 2. The van der Waals surface area contributed by atoms with Gasteiger partial charge in [-0.25, -0.2) is 15.2 Å². The van der Waals surface area contributed by atoms with Gasteiger partial charge in [0.05, 0.1) is 6.20 Å². The normalized spacial score (nSPS) is 10.3. The number of hydrogen-bond acceptors (Lipinski definition) is 5. The summed E-state index contributed by atoms with van der Waals surface area (Å²) >= 11 is 0. The van der Waals surface area contributed by atoms with Gasteiger partial charge in [0.1, 0.15) is 0 Å². The zero-order chi connectivity index (χ0) is 13.8. The second kappa shape index (κ2) is 5.62. The second-order valence-electron chi connectivity index (χ2n) is 4.35. The van der Waals surface area contributed by atoms with Crippen molar-refractivity contribution in [3.05, 3.63) is 47.4 Å². The van der Waals surface area contributed by atoms with Crippen LogP contribution >= 0.6 is 0 Å². The predicted molar refractivity (Wildman–Crippen MR) is 73.1 cm³/mol. The van der Waals surface area contributed by atoms with Gasteiger partial charge in [0.25, 0.3) is 0 Å². The third-order valence-corrected chi connectivity index (χ3v) is 2.72. The second-order valence-corrected chi connectivity index (χ2v) is 4.35. The molecule has 2 aromatic rings. The van der Waals surface area contributed by atoms with E-state index in [0.717, 1.165) is 11.8 Å². The monoisotopic (exact) mass is 261 g/mol. The number of hydrogen-bond donors (Lipinski definition) is 2. The Labute approximate surface area is 111 Å². The van der Waals surface area contributed by atoms with Crippen LogP contribution in [0, 0.1) is 12.7 Å². The Morgan fingerprint density at radius 2 is 2.21 bits per heavy atom. The lowest BCUT2D eigenvalue weighted by Crippen LogP contribution is -2.21. The maximum atomic E-state index is 13.7. The fourth-order valence-corrected chi connectivity index (χ4v) is 1.85. The molecular weight excluding hydrogens is 245 g/mol. The molecule has 2 rings (SSSR count). The molecule has 0 saturated carbocycles. The van der Waals surface area contributed by atoms with Gasteiger partial charge in [0.15, 0.2) is 11.6 Å². The first kappa shape index (κ1) is 13.2. The van der Waals surface area contributed by atoms with Gasteiger partial charge >= 0.3 is 0 Å². The van der Waals surface area contributed by atoms with Crippen LogP contribution in [0.15, 0.2) is 30.5 Å². The third-order valence-electron chi connectivity index (χ3n) is 2.72. The lowest BCUT2D eigenvalue weighted by atomic mass is 10.1. The highest BCUT2D eigenvalue weighted by molar-refractivity contribution is 5.43. The van der Waals surface area contributed by atoms with Crippen LogP contribution in [0.4, 0.5) is 16.2 Å².